The lowest BCUT2D eigenvalue weighted by Crippen LogP contribution is -2.52. The van der Waals surface area contributed by atoms with Gasteiger partial charge in [0.15, 0.2) is 11.9 Å². The van der Waals surface area contributed by atoms with E-state index < -0.39 is 91.4 Å². The van der Waals surface area contributed by atoms with Crippen molar-refractivity contribution in [1.29, 1.82) is 0 Å². The van der Waals surface area contributed by atoms with Crippen LogP contribution in [0.4, 0.5) is 4.39 Å². The van der Waals surface area contributed by atoms with Crippen molar-refractivity contribution in [3.63, 3.8) is 0 Å². The van der Waals surface area contributed by atoms with E-state index in [1.807, 2.05) is 0 Å². The number of nitrogens with one attached hydrogen (secondary N) is 5. The van der Waals surface area contributed by atoms with Gasteiger partial charge in [-0.1, -0.05) is 37.3 Å². The SMILES string of the molecule is CC[C@@]1(O)C(=O)OCc2c1cc1c3nc4cc(F)c(C)c5c4c4c3c(n1c2=O)=C([C@@H](O)OCNC(=O)CNC(=O)[C@H](Cc1ccccc1)NC(=O)CNC(=O)CN)N[C@H]4CC5. The number of aryl methyl sites for hydroxylation is 1. The minimum atomic E-state index is -2.11. The Morgan fingerprint density at radius 3 is 2.56 bits per heavy atom. The van der Waals surface area contributed by atoms with Gasteiger partial charge in [-0.2, -0.15) is 0 Å². The molecule has 4 amide bonds. The third kappa shape index (κ3) is 7.18. The first kappa shape index (κ1) is 41.2. The fourth-order valence-corrected chi connectivity index (χ4v) is 8.53. The third-order valence-electron chi connectivity index (χ3n) is 11.7. The van der Waals surface area contributed by atoms with Gasteiger partial charge in [-0.3, -0.25) is 28.4 Å². The number of hydrogen-bond donors (Lipinski definition) is 8. The van der Waals surface area contributed by atoms with Crippen LogP contribution in [0.3, 0.4) is 0 Å². The topological polar surface area (TPSA) is 265 Å². The highest BCUT2D eigenvalue weighted by Crippen LogP contribution is 2.44. The fourth-order valence-electron chi connectivity index (χ4n) is 8.53. The number of amides is 4. The maximum atomic E-state index is 15.3. The van der Waals surface area contributed by atoms with Crippen LogP contribution in [0.5, 0.6) is 0 Å². The summed E-state index contributed by atoms with van der Waals surface area (Å²) in [6, 6.07) is 10.2. The second kappa shape index (κ2) is 16.1. The van der Waals surface area contributed by atoms with Crippen molar-refractivity contribution in [1.82, 2.24) is 36.0 Å². The number of hydrogen-bond acceptors (Lipinski definition) is 13. The van der Waals surface area contributed by atoms with Gasteiger partial charge in [-0.25, -0.2) is 14.2 Å². The first-order valence-electron chi connectivity index (χ1n) is 19.8. The summed E-state index contributed by atoms with van der Waals surface area (Å²) < 4.78 is 27.6. The Kier molecular flexibility index (Phi) is 10.9. The molecule has 0 saturated carbocycles. The Hall–Kier alpha value is -6.54. The van der Waals surface area contributed by atoms with E-state index in [0.717, 1.165) is 22.1 Å². The average Bonchev–Trinajstić information content (AvgIpc) is 3.59. The van der Waals surface area contributed by atoms with Crippen LogP contribution < -0.4 is 43.2 Å². The lowest BCUT2D eigenvalue weighted by molar-refractivity contribution is -0.172. The molecule has 61 heavy (non-hydrogen) atoms. The van der Waals surface area contributed by atoms with Gasteiger partial charge in [-0.05, 0) is 54.5 Å². The largest absolute Gasteiger partial charge is 0.458 e. The molecule has 3 aliphatic rings. The predicted molar refractivity (Wildman–Crippen MR) is 215 cm³/mol. The van der Waals surface area contributed by atoms with Crippen molar-refractivity contribution in [2.45, 2.75) is 70.1 Å². The van der Waals surface area contributed by atoms with Crippen molar-refractivity contribution in [3.8, 4) is 0 Å². The van der Waals surface area contributed by atoms with Gasteiger partial charge in [0.05, 0.1) is 58.8 Å². The number of halogens is 1. The van der Waals surface area contributed by atoms with Gasteiger partial charge < -0.3 is 52.0 Å². The highest BCUT2D eigenvalue weighted by molar-refractivity contribution is 6.08. The van der Waals surface area contributed by atoms with Crippen LogP contribution in [0.15, 0.2) is 47.3 Å². The third-order valence-corrected chi connectivity index (χ3v) is 11.7. The Labute approximate surface area is 345 Å². The molecule has 5 heterocycles. The van der Waals surface area contributed by atoms with Gasteiger partial charge in [0.1, 0.15) is 25.2 Å². The van der Waals surface area contributed by atoms with Crippen LogP contribution in [-0.4, -0.2) is 87.9 Å². The van der Waals surface area contributed by atoms with E-state index in [4.69, 9.17) is 20.2 Å². The zero-order chi connectivity index (χ0) is 43.3. The van der Waals surface area contributed by atoms with E-state index in [1.165, 1.54) is 16.5 Å². The number of benzene rings is 2. The predicted octanol–water partition coefficient (Wildman–Crippen LogP) is -1.15. The molecule has 2 aromatic carbocycles. The van der Waals surface area contributed by atoms with Crippen LogP contribution in [0.2, 0.25) is 0 Å². The van der Waals surface area contributed by atoms with Crippen LogP contribution in [-0.2, 0) is 58.5 Å². The molecule has 19 heteroatoms. The zero-order valence-electron chi connectivity index (χ0n) is 33.1. The number of aromatic nitrogens is 2. The summed E-state index contributed by atoms with van der Waals surface area (Å²) in [5.74, 6) is -3.91. The van der Waals surface area contributed by atoms with E-state index in [9.17, 15) is 39.0 Å². The maximum absolute atomic E-state index is 15.3. The van der Waals surface area contributed by atoms with Gasteiger partial charge >= 0.3 is 5.97 Å². The van der Waals surface area contributed by atoms with Crippen LogP contribution in [0.25, 0.3) is 33.0 Å². The minimum Gasteiger partial charge on any atom is -0.458 e. The summed E-state index contributed by atoms with van der Waals surface area (Å²) in [5.41, 5.74) is 6.30. The van der Waals surface area contributed by atoms with Crippen molar-refractivity contribution in [2.75, 3.05) is 26.4 Å². The number of nitrogens with zero attached hydrogens (tertiary/aromatic N) is 2. The lowest BCUT2D eigenvalue weighted by Gasteiger charge is -2.33. The summed E-state index contributed by atoms with van der Waals surface area (Å²) in [4.78, 5) is 82.4. The molecule has 3 aromatic heterocycles. The Morgan fingerprint density at radius 2 is 1.82 bits per heavy atom. The molecule has 1 aliphatic carbocycles. The number of ether oxygens (including phenoxy) is 2. The normalized spacial score (nSPS) is 18.6. The molecule has 318 valence electrons. The number of fused-ring (bicyclic) bond motifs is 4. The summed E-state index contributed by atoms with van der Waals surface area (Å²) in [7, 11) is 0. The molecule has 8 rings (SSSR count). The van der Waals surface area contributed by atoms with E-state index in [2.05, 4.69) is 26.6 Å². The molecule has 0 bridgehead atoms. The minimum absolute atomic E-state index is 0.0314. The molecular formula is C42H43FN8O10. The van der Waals surface area contributed by atoms with Gasteiger partial charge in [0.2, 0.25) is 23.6 Å². The highest BCUT2D eigenvalue weighted by atomic mass is 19.1. The lowest BCUT2D eigenvalue weighted by atomic mass is 9.81. The molecule has 4 atom stereocenters. The van der Waals surface area contributed by atoms with Gasteiger partial charge in [0, 0.05) is 28.8 Å². The Morgan fingerprint density at radius 1 is 1.07 bits per heavy atom. The van der Waals surface area contributed by atoms with Crippen molar-refractivity contribution in [3.05, 3.63) is 97.4 Å². The van der Waals surface area contributed by atoms with Gasteiger partial charge in [-0.15, -0.1) is 0 Å². The number of pyridine rings is 2. The number of aliphatic hydroxyl groups excluding tert-OH is 1. The van der Waals surface area contributed by atoms with Crippen molar-refractivity contribution >= 4 is 62.6 Å². The Balaban J connectivity index is 1.07. The quantitative estimate of drug-likeness (QED) is 0.0486. The van der Waals surface area contributed by atoms with E-state index in [0.29, 0.717) is 29.3 Å². The molecular weight excluding hydrogens is 796 g/mol. The molecule has 0 unspecified atom stereocenters. The van der Waals surface area contributed by atoms with Crippen LogP contribution in [0.1, 0.15) is 59.2 Å². The number of aliphatic hydroxyl groups is 2. The van der Waals surface area contributed by atoms with E-state index in [-0.39, 0.29) is 52.6 Å². The summed E-state index contributed by atoms with van der Waals surface area (Å²) in [5, 5.41) is 37.7. The summed E-state index contributed by atoms with van der Waals surface area (Å²) in [6.07, 6.45) is -0.796. The average molecular weight is 839 g/mol. The van der Waals surface area contributed by atoms with Gasteiger partial charge in [0.25, 0.3) is 5.56 Å². The van der Waals surface area contributed by atoms with E-state index in [1.54, 1.807) is 44.2 Å². The first-order valence-corrected chi connectivity index (χ1v) is 19.8. The molecule has 5 aromatic rings. The number of rotatable bonds is 14. The number of carbonyl (C=O) groups is 5. The number of nitrogens with two attached hydrogens (primary N) is 1. The molecule has 0 radical (unpaired) electrons. The zero-order valence-corrected chi connectivity index (χ0v) is 33.1. The summed E-state index contributed by atoms with van der Waals surface area (Å²) in [6.45, 7) is 1.07. The number of esters is 1. The molecule has 2 aliphatic heterocycles. The monoisotopic (exact) mass is 838 g/mol. The molecule has 0 fully saturated rings. The maximum Gasteiger partial charge on any atom is 0.343 e. The van der Waals surface area contributed by atoms with Crippen molar-refractivity contribution < 1.29 is 48.0 Å². The molecule has 18 nitrogen and oxygen atoms in total. The molecule has 0 saturated heterocycles. The number of carbonyl (C=O) groups excluding carboxylic acids is 5. The van der Waals surface area contributed by atoms with Crippen LogP contribution >= 0.6 is 0 Å². The Bertz CT molecular complexity index is 2800. The first-order chi connectivity index (χ1) is 29.2. The summed E-state index contributed by atoms with van der Waals surface area (Å²) >= 11 is 0. The molecule has 0 spiro atoms. The highest BCUT2D eigenvalue weighted by Gasteiger charge is 2.45. The van der Waals surface area contributed by atoms with E-state index >= 15 is 4.39 Å². The second-order valence-corrected chi connectivity index (χ2v) is 15.2. The number of cyclic esters (lactones) is 1. The standard InChI is InChI=1S/C42H43FN8O10/c1-3-42(59)23-12-28-35-34-33-25(10-9-21-19(2)24(43)13-26(50-35)32(21)33)49-36(37(34)51(28)39(56)22(23)17-60-41(42)58)40(57)61-18-47-30(53)15-46-38(55)27(11-20-7-5-4-6-8-20)48-31(54)16-45-29(52)14-44/h4-8,12-13,25,27,40,49,57,59H,3,9-11,14-18,44H2,1-2H3,(H,45,52)(H,46,55)(H,47,53)(H,48,54)/t25-,27-,40-,42-/m0/s1. The molecule has 9 N–H and O–H groups in total. The van der Waals surface area contributed by atoms with Crippen molar-refractivity contribution in [2.24, 2.45) is 5.73 Å². The smallest absolute Gasteiger partial charge is 0.343 e. The fraction of sp³-hybridized carbons (Fsp3) is 0.357. The second-order valence-electron chi connectivity index (χ2n) is 15.2. The van der Waals surface area contributed by atoms with Crippen LogP contribution in [0, 0.1) is 12.7 Å².